The zero-order valence-corrected chi connectivity index (χ0v) is 13.6. The van der Waals surface area contributed by atoms with Crippen molar-refractivity contribution in [1.29, 1.82) is 0 Å². The van der Waals surface area contributed by atoms with Gasteiger partial charge in [0.1, 0.15) is 0 Å². The van der Waals surface area contributed by atoms with Crippen molar-refractivity contribution in [2.24, 2.45) is 0 Å². The van der Waals surface area contributed by atoms with E-state index < -0.39 is 0 Å². The van der Waals surface area contributed by atoms with E-state index in [4.69, 9.17) is 0 Å². The van der Waals surface area contributed by atoms with E-state index >= 15 is 0 Å². The first-order chi connectivity index (χ1) is 0. The Hall–Kier alpha value is 4.60. The maximum Gasteiger partial charge on any atom is 0 e. The summed E-state index contributed by atoms with van der Waals surface area (Å²) in [7, 11) is 0. The quantitative estimate of drug-likeness (QED) is 0.325. The summed E-state index contributed by atoms with van der Waals surface area (Å²) in [5.41, 5.74) is 0. The standard InChI is InChI=1S/K.3Na.H2O/h;;;;1H2. The fraction of sp³-hybridized carbons (Fsp3) is 0. The van der Waals surface area contributed by atoms with Gasteiger partial charge < -0.3 is 5.48 Å². The molecule has 5 heteroatoms. The molecular weight excluding hydrogens is 124 g/mol. The van der Waals surface area contributed by atoms with E-state index in [1.165, 1.54) is 0 Å². The van der Waals surface area contributed by atoms with E-state index in [9.17, 15) is 0 Å². The Morgan fingerprint density at radius 3 is 0.600 bits per heavy atom. The zero-order valence-electron chi connectivity index (χ0n) is 4.50. The molecule has 5 heavy (non-hydrogen) atoms. The summed E-state index contributed by atoms with van der Waals surface area (Å²) < 4.78 is 0. The molecule has 0 saturated heterocycles. The molecule has 1 nitrogen and oxygen atoms in total. The summed E-state index contributed by atoms with van der Waals surface area (Å²) in [6.07, 6.45) is 0. The Morgan fingerprint density at radius 1 is 0.600 bits per heavy atom. The van der Waals surface area contributed by atoms with E-state index in [1.54, 1.807) is 0 Å². The molecule has 0 unspecified atom stereocenters. The molecule has 0 aliphatic rings. The number of hydrogen-bond donors (Lipinski definition) is 0. The van der Waals surface area contributed by atoms with E-state index in [2.05, 4.69) is 0 Å². The van der Waals surface area contributed by atoms with Crippen molar-refractivity contribution in [2.75, 3.05) is 0 Å². The van der Waals surface area contributed by atoms with Crippen LogP contribution in [0.25, 0.3) is 0 Å². The van der Waals surface area contributed by atoms with Gasteiger partial charge in [0.15, 0.2) is 0 Å². The van der Waals surface area contributed by atoms with Crippen LogP contribution in [0.5, 0.6) is 0 Å². The molecule has 2 N–H and O–H groups in total. The Labute approximate surface area is 141 Å². The summed E-state index contributed by atoms with van der Waals surface area (Å²) in [5, 5.41) is 0. The van der Waals surface area contributed by atoms with Crippen LogP contribution in [-0.2, 0) is 0 Å². The molecule has 0 spiro atoms. The van der Waals surface area contributed by atoms with Crippen molar-refractivity contribution < 1.29 is 5.48 Å². The van der Waals surface area contributed by atoms with E-state index in [0.29, 0.717) is 0 Å². The van der Waals surface area contributed by atoms with Crippen LogP contribution < -0.4 is 0 Å². The molecular formula is H2KNa3O. The predicted molar refractivity (Wildman–Crippen MR) is 26.6 cm³/mol. The van der Waals surface area contributed by atoms with E-state index in [1.807, 2.05) is 0 Å². The predicted octanol–water partition coefficient (Wildman–Crippen LogP) is -2.35. The normalized spacial score (nSPS) is 0. The van der Waals surface area contributed by atoms with Crippen molar-refractivity contribution in [2.45, 2.75) is 0 Å². The van der Waals surface area contributed by atoms with Gasteiger partial charge in [-0.05, 0) is 0 Å². The maximum atomic E-state index is 0. The van der Waals surface area contributed by atoms with Crippen LogP contribution in [0.1, 0.15) is 0 Å². The third-order valence-corrected chi connectivity index (χ3v) is 0. The molecule has 0 amide bonds. The van der Waals surface area contributed by atoms with Gasteiger partial charge in [0.2, 0.25) is 0 Å². The molecule has 0 rings (SSSR count). The average Bonchev–Trinajstić information content (AvgIpc) is 0. The third-order valence-electron chi connectivity index (χ3n) is 0. The monoisotopic (exact) mass is 126 g/mol. The Morgan fingerprint density at radius 2 is 0.600 bits per heavy atom. The summed E-state index contributed by atoms with van der Waals surface area (Å²) in [4.78, 5) is 0. The smallest absolute Gasteiger partial charge is 0 e. The van der Waals surface area contributed by atoms with Crippen LogP contribution in [0.4, 0.5) is 0 Å². The summed E-state index contributed by atoms with van der Waals surface area (Å²) in [6, 6.07) is 0. The topological polar surface area (TPSA) is 31.5 Å². The van der Waals surface area contributed by atoms with Crippen LogP contribution in [0.15, 0.2) is 0 Å². The first kappa shape index (κ1) is 33.6. The second kappa shape index (κ2) is 23.5. The van der Waals surface area contributed by atoms with Gasteiger partial charge in [-0.25, -0.2) is 0 Å². The molecule has 0 aromatic carbocycles. The molecule has 12 valence electrons. The van der Waals surface area contributed by atoms with Gasteiger partial charge in [0.25, 0.3) is 0 Å². The minimum atomic E-state index is 0. The van der Waals surface area contributed by atoms with Gasteiger partial charge in [0.05, 0.1) is 0 Å². The van der Waals surface area contributed by atoms with E-state index in [0.717, 1.165) is 0 Å². The van der Waals surface area contributed by atoms with Crippen LogP contribution in [0.3, 0.4) is 0 Å². The fourth-order valence-electron chi connectivity index (χ4n) is 0. The van der Waals surface area contributed by atoms with Crippen LogP contribution in [-0.4, -0.2) is 146 Å². The Kier molecular flexibility index (Phi) is 158. The first-order valence-corrected chi connectivity index (χ1v) is 0. The number of rotatable bonds is 0. The molecule has 0 atom stereocenters. The van der Waals surface area contributed by atoms with Crippen LogP contribution in [0.2, 0.25) is 0 Å². The first-order valence-electron chi connectivity index (χ1n) is 0. The van der Waals surface area contributed by atoms with Gasteiger partial charge in [-0.1, -0.05) is 0 Å². The molecule has 0 heterocycles. The second-order valence-electron chi connectivity index (χ2n) is 0. The fourth-order valence-corrected chi connectivity index (χ4v) is 0. The van der Waals surface area contributed by atoms with Crippen molar-refractivity contribution in [1.82, 2.24) is 0 Å². The summed E-state index contributed by atoms with van der Waals surface area (Å²) >= 11 is 0. The summed E-state index contributed by atoms with van der Waals surface area (Å²) in [5.74, 6) is 0. The molecule has 0 aliphatic heterocycles. The van der Waals surface area contributed by atoms with Crippen LogP contribution in [0, 0.1) is 0 Å². The maximum absolute atomic E-state index is 0. The van der Waals surface area contributed by atoms with Gasteiger partial charge in [-0.15, -0.1) is 0 Å². The van der Waals surface area contributed by atoms with Gasteiger partial charge >= 0.3 is 0 Å². The number of hydrogen-bond acceptors (Lipinski definition) is 0. The van der Waals surface area contributed by atoms with Crippen molar-refractivity contribution >= 4 is 140 Å². The van der Waals surface area contributed by atoms with Crippen molar-refractivity contribution in [3.8, 4) is 0 Å². The second-order valence-corrected chi connectivity index (χ2v) is 0. The Bertz CT molecular complexity index is 6.85. The van der Waals surface area contributed by atoms with Gasteiger partial charge in [0, 0.05) is 140 Å². The van der Waals surface area contributed by atoms with Crippen molar-refractivity contribution in [3.05, 3.63) is 0 Å². The largest absolute Gasteiger partial charge is 0.412 e. The average molecular weight is 126 g/mol. The molecule has 4 radical (unpaired) electrons. The molecule has 0 bridgehead atoms. The molecule has 0 aromatic heterocycles. The van der Waals surface area contributed by atoms with Gasteiger partial charge in [-0.3, -0.25) is 0 Å². The molecule has 0 fully saturated rings. The molecule has 0 aliphatic carbocycles. The molecule has 0 aromatic rings. The SMILES string of the molecule is O.[K].[Na].[Na].[Na]. The molecule has 0 saturated carbocycles. The summed E-state index contributed by atoms with van der Waals surface area (Å²) in [6.45, 7) is 0. The third kappa shape index (κ3) is 17.7. The zero-order chi connectivity index (χ0) is 0. The van der Waals surface area contributed by atoms with Crippen LogP contribution >= 0.6 is 0 Å². The Balaban J connectivity index is 0. The van der Waals surface area contributed by atoms with E-state index in [-0.39, 0.29) is 146 Å². The minimum Gasteiger partial charge on any atom is -0.412 e. The van der Waals surface area contributed by atoms with Crippen molar-refractivity contribution in [3.63, 3.8) is 0 Å². The van der Waals surface area contributed by atoms with Gasteiger partial charge in [-0.2, -0.15) is 0 Å². The minimum absolute atomic E-state index is 0.